The van der Waals surface area contributed by atoms with Crippen molar-refractivity contribution in [3.63, 3.8) is 0 Å². The molecule has 3 rings (SSSR count). The van der Waals surface area contributed by atoms with Gasteiger partial charge in [-0.15, -0.1) is 0 Å². The summed E-state index contributed by atoms with van der Waals surface area (Å²) in [4.78, 5) is 10.5. The summed E-state index contributed by atoms with van der Waals surface area (Å²) in [5.41, 5.74) is 3.41. The molecule has 0 radical (unpaired) electrons. The number of H-pyrrole nitrogens is 1. The smallest absolute Gasteiger partial charge is 0.121 e. The standard InChI is InChI=1S/C16H23N3O2/c1-12-3-4-14-15(9-12)18-16(17-14)11-19-6-8-21-13(10-19)5-7-20-2/h3-4,9,13H,5-8,10-11H2,1-2H3,(H,17,18)/t13-/m1/s1. The van der Waals surface area contributed by atoms with Crippen molar-refractivity contribution in [2.24, 2.45) is 0 Å². The van der Waals surface area contributed by atoms with Gasteiger partial charge in [-0.3, -0.25) is 4.90 Å². The fourth-order valence-corrected chi connectivity index (χ4v) is 2.81. The van der Waals surface area contributed by atoms with E-state index in [1.807, 2.05) is 0 Å². The fraction of sp³-hybridized carbons (Fsp3) is 0.562. The molecule has 0 spiro atoms. The summed E-state index contributed by atoms with van der Waals surface area (Å²) in [5.74, 6) is 1.03. The summed E-state index contributed by atoms with van der Waals surface area (Å²) in [6.07, 6.45) is 1.22. The quantitative estimate of drug-likeness (QED) is 0.916. The number of rotatable bonds is 5. The predicted molar refractivity (Wildman–Crippen MR) is 82.3 cm³/mol. The van der Waals surface area contributed by atoms with Gasteiger partial charge in [-0.25, -0.2) is 4.98 Å². The van der Waals surface area contributed by atoms with Crippen LogP contribution in [0.3, 0.4) is 0 Å². The van der Waals surface area contributed by atoms with Crippen LogP contribution >= 0.6 is 0 Å². The highest BCUT2D eigenvalue weighted by molar-refractivity contribution is 5.75. The molecule has 1 aliphatic rings. The molecule has 1 atom stereocenters. The molecule has 5 heteroatoms. The largest absolute Gasteiger partial charge is 0.385 e. The van der Waals surface area contributed by atoms with E-state index in [0.717, 1.165) is 56.1 Å². The van der Waals surface area contributed by atoms with Gasteiger partial charge in [0.1, 0.15) is 5.82 Å². The zero-order valence-electron chi connectivity index (χ0n) is 12.8. The Bertz CT molecular complexity index is 596. The second-order valence-corrected chi connectivity index (χ2v) is 5.71. The van der Waals surface area contributed by atoms with Crippen molar-refractivity contribution in [3.05, 3.63) is 29.6 Å². The van der Waals surface area contributed by atoms with Crippen molar-refractivity contribution in [1.29, 1.82) is 0 Å². The number of aryl methyl sites for hydroxylation is 1. The van der Waals surface area contributed by atoms with Crippen LogP contribution in [0.4, 0.5) is 0 Å². The second-order valence-electron chi connectivity index (χ2n) is 5.71. The molecule has 1 saturated heterocycles. The third-order valence-electron chi connectivity index (χ3n) is 3.93. The van der Waals surface area contributed by atoms with E-state index in [4.69, 9.17) is 9.47 Å². The van der Waals surface area contributed by atoms with E-state index in [0.29, 0.717) is 0 Å². The monoisotopic (exact) mass is 289 g/mol. The first-order chi connectivity index (χ1) is 10.2. The van der Waals surface area contributed by atoms with Gasteiger partial charge in [-0.05, 0) is 31.0 Å². The maximum atomic E-state index is 5.77. The molecule has 0 aliphatic carbocycles. The topological polar surface area (TPSA) is 50.4 Å². The van der Waals surface area contributed by atoms with Crippen molar-refractivity contribution in [2.45, 2.75) is 26.0 Å². The number of nitrogens with zero attached hydrogens (tertiary/aromatic N) is 2. The normalized spacial score (nSPS) is 20.2. The number of imidazole rings is 1. The van der Waals surface area contributed by atoms with E-state index in [-0.39, 0.29) is 6.10 Å². The molecule has 2 aromatic rings. The van der Waals surface area contributed by atoms with Crippen LogP contribution in [0.15, 0.2) is 18.2 Å². The molecule has 1 fully saturated rings. The molecule has 0 amide bonds. The molecule has 0 saturated carbocycles. The van der Waals surface area contributed by atoms with Crippen LogP contribution in [-0.4, -0.2) is 54.4 Å². The molecular formula is C16H23N3O2. The Kier molecular flexibility index (Phi) is 4.53. The lowest BCUT2D eigenvalue weighted by atomic mass is 10.2. The zero-order valence-corrected chi connectivity index (χ0v) is 12.8. The van der Waals surface area contributed by atoms with Gasteiger partial charge in [0.2, 0.25) is 0 Å². The first-order valence-electron chi connectivity index (χ1n) is 7.53. The van der Waals surface area contributed by atoms with Crippen LogP contribution in [-0.2, 0) is 16.0 Å². The number of aromatic nitrogens is 2. The average molecular weight is 289 g/mol. The van der Waals surface area contributed by atoms with Crippen molar-refractivity contribution in [3.8, 4) is 0 Å². The van der Waals surface area contributed by atoms with Crippen LogP contribution in [0.5, 0.6) is 0 Å². The summed E-state index contributed by atoms with van der Waals surface area (Å²) in [5, 5.41) is 0. The van der Waals surface area contributed by atoms with Gasteiger partial charge in [-0.1, -0.05) is 6.07 Å². The predicted octanol–water partition coefficient (Wildman–Crippen LogP) is 2.11. The highest BCUT2D eigenvalue weighted by Crippen LogP contribution is 2.16. The number of ether oxygens (including phenoxy) is 2. The van der Waals surface area contributed by atoms with E-state index in [2.05, 4.69) is 40.0 Å². The number of nitrogens with one attached hydrogen (secondary N) is 1. The Labute approximate surface area is 125 Å². The van der Waals surface area contributed by atoms with Crippen LogP contribution in [0.1, 0.15) is 17.8 Å². The van der Waals surface area contributed by atoms with Gasteiger partial charge in [0.15, 0.2) is 0 Å². The number of benzene rings is 1. The Hall–Kier alpha value is -1.43. The zero-order chi connectivity index (χ0) is 14.7. The summed E-state index contributed by atoms with van der Waals surface area (Å²) >= 11 is 0. The van der Waals surface area contributed by atoms with E-state index in [1.165, 1.54) is 5.56 Å². The van der Waals surface area contributed by atoms with Crippen LogP contribution in [0.2, 0.25) is 0 Å². The van der Waals surface area contributed by atoms with Gasteiger partial charge in [-0.2, -0.15) is 0 Å². The summed E-state index contributed by atoms with van der Waals surface area (Å²) in [6.45, 7) is 6.39. The molecule has 2 heterocycles. The van der Waals surface area contributed by atoms with Crippen molar-refractivity contribution < 1.29 is 9.47 Å². The van der Waals surface area contributed by atoms with Crippen molar-refractivity contribution in [1.82, 2.24) is 14.9 Å². The van der Waals surface area contributed by atoms with Gasteiger partial charge in [0.05, 0.1) is 30.3 Å². The Morgan fingerprint density at radius 2 is 2.38 bits per heavy atom. The first kappa shape index (κ1) is 14.5. The Morgan fingerprint density at radius 1 is 1.48 bits per heavy atom. The molecule has 1 aromatic heterocycles. The average Bonchev–Trinajstić information content (AvgIpc) is 2.86. The molecule has 5 nitrogen and oxygen atoms in total. The van der Waals surface area contributed by atoms with Gasteiger partial charge >= 0.3 is 0 Å². The highest BCUT2D eigenvalue weighted by atomic mass is 16.5. The van der Waals surface area contributed by atoms with Gasteiger partial charge in [0.25, 0.3) is 0 Å². The first-order valence-corrected chi connectivity index (χ1v) is 7.53. The second kappa shape index (κ2) is 6.56. The maximum Gasteiger partial charge on any atom is 0.121 e. The molecule has 114 valence electrons. The molecule has 1 aliphatic heterocycles. The van der Waals surface area contributed by atoms with E-state index in [9.17, 15) is 0 Å². The summed E-state index contributed by atoms with van der Waals surface area (Å²) < 4.78 is 10.9. The molecule has 21 heavy (non-hydrogen) atoms. The van der Waals surface area contributed by atoms with Crippen LogP contribution < -0.4 is 0 Å². The van der Waals surface area contributed by atoms with Crippen LogP contribution in [0, 0.1) is 6.92 Å². The third-order valence-corrected chi connectivity index (χ3v) is 3.93. The minimum Gasteiger partial charge on any atom is -0.385 e. The summed E-state index contributed by atoms with van der Waals surface area (Å²) in [6, 6.07) is 6.32. The molecule has 0 bridgehead atoms. The number of hydrogen-bond donors (Lipinski definition) is 1. The molecule has 0 unspecified atom stereocenters. The molecule has 1 aromatic carbocycles. The van der Waals surface area contributed by atoms with Gasteiger partial charge in [0, 0.05) is 26.8 Å². The van der Waals surface area contributed by atoms with Crippen molar-refractivity contribution in [2.75, 3.05) is 33.4 Å². The summed E-state index contributed by atoms with van der Waals surface area (Å²) in [7, 11) is 1.73. The number of methoxy groups -OCH3 is 1. The van der Waals surface area contributed by atoms with Crippen LogP contribution in [0.25, 0.3) is 11.0 Å². The lowest BCUT2D eigenvalue weighted by Gasteiger charge is -2.32. The number of fused-ring (bicyclic) bond motifs is 1. The maximum absolute atomic E-state index is 5.77. The van der Waals surface area contributed by atoms with E-state index >= 15 is 0 Å². The lowest BCUT2D eigenvalue weighted by Crippen LogP contribution is -2.42. The fourth-order valence-electron chi connectivity index (χ4n) is 2.81. The number of morpholine rings is 1. The number of hydrogen-bond acceptors (Lipinski definition) is 4. The third kappa shape index (κ3) is 3.61. The SMILES string of the molecule is COCC[C@@H]1CN(Cc2nc3ccc(C)cc3[nH]2)CCO1. The molecule has 1 N–H and O–H groups in total. The minimum atomic E-state index is 0.269. The lowest BCUT2D eigenvalue weighted by molar-refractivity contribution is -0.0438. The van der Waals surface area contributed by atoms with Crippen molar-refractivity contribution >= 4 is 11.0 Å². The Morgan fingerprint density at radius 3 is 3.24 bits per heavy atom. The van der Waals surface area contributed by atoms with E-state index < -0.39 is 0 Å². The highest BCUT2D eigenvalue weighted by Gasteiger charge is 2.21. The van der Waals surface area contributed by atoms with Gasteiger partial charge < -0.3 is 14.5 Å². The van der Waals surface area contributed by atoms with E-state index in [1.54, 1.807) is 7.11 Å². The number of aromatic amines is 1. The Balaban J connectivity index is 1.64. The molecular weight excluding hydrogens is 266 g/mol. The minimum absolute atomic E-state index is 0.269.